The molecule has 2 N–H and O–H groups in total. The van der Waals surface area contributed by atoms with E-state index in [4.69, 9.17) is 0 Å². The second-order valence-electron chi connectivity index (χ2n) is 8.51. The molecule has 15 heteroatoms. The molecule has 194 valence electrons. The van der Waals surface area contributed by atoms with Crippen molar-refractivity contribution in [3.63, 3.8) is 0 Å². The normalized spacial score (nSPS) is 18.6. The Morgan fingerprint density at radius 2 is 1.56 bits per heavy atom. The first-order valence-corrected chi connectivity index (χ1v) is 12.0. The Balaban J connectivity index is 1.98. The Labute approximate surface area is 202 Å². The minimum atomic E-state index is -6.07. The Hall–Kier alpha value is -3.07. The van der Waals surface area contributed by atoms with Crippen molar-refractivity contribution in [1.29, 1.82) is 0 Å². The second-order valence-corrected chi connectivity index (χ2v) is 10.5. The molecule has 1 atom stereocenters. The van der Waals surface area contributed by atoms with Crippen molar-refractivity contribution >= 4 is 35.2 Å². The van der Waals surface area contributed by atoms with Crippen molar-refractivity contribution in [1.82, 2.24) is 4.90 Å². The summed E-state index contributed by atoms with van der Waals surface area (Å²) < 4.78 is 102. The molecule has 0 saturated heterocycles. The number of carbonyl (C=O) groups is 2. The molecule has 7 nitrogen and oxygen atoms in total. The maximum absolute atomic E-state index is 13.3. The molecular formula is C21H19BF6N2O5S. The summed E-state index contributed by atoms with van der Waals surface area (Å²) in [6, 6.07) is 6.20. The maximum Gasteiger partial charge on any atom is 0.430 e. The van der Waals surface area contributed by atoms with E-state index in [0.717, 1.165) is 23.3 Å². The lowest BCUT2D eigenvalue weighted by Crippen LogP contribution is -2.54. The Bertz CT molecular complexity index is 1310. The van der Waals surface area contributed by atoms with Gasteiger partial charge >= 0.3 is 12.4 Å². The molecule has 3 rings (SSSR count). The van der Waals surface area contributed by atoms with Gasteiger partial charge in [0.2, 0.25) is 11.8 Å². The van der Waals surface area contributed by atoms with Gasteiger partial charge in [-0.1, -0.05) is 18.2 Å². The molecular weight excluding hydrogens is 517 g/mol. The Morgan fingerprint density at radius 1 is 1.03 bits per heavy atom. The number of anilines is 1. The summed E-state index contributed by atoms with van der Waals surface area (Å²) >= 11 is 0. The minimum Gasteiger partial charge on any atom is -0.369 e. The van der Waals surface area contributed by atoms with E-state index in [9.17, 15) is 49.5 Å². The summed E-state index contributed by atoms with van der Waals surface area (Å²) in [5.74, 6) is -1.39. The number of amides is 2. The quantitative estimate of drug-likeness (QED) is 0.461. The fraction of sp³-hybridized carbons (Fsp3) is 0.333. The highest BCUT2D eigenvalue weighted by Gasteiger charge is 2.71. The van der Waals surface area contributed by atoms with Crippen LogP contribution in [0.15, 0.2) is 47.4 Å². The average Bonchev–Trinajstić information content (AvgIpc) is 3.05. The third-order valence-corrected chi connectivity index (χ3v) is 7.21. The van der Waals surface area contributed by atoms with Gasteiger partial charge in [-0.25, -0.2) is 8.42 Å². The molecule has 1 aliphatic heterocycles. The van der Waals surface area contributed by atoms with Crippen LogP contribution in [0.5, 0.6) is 0 Å². The van der Waals surface area contributed by atoms with Crippen LogP contribution >= 0.6 is 0 Å². The van der Waals surface area contributed by atoms with Gasteiger partial charge in [0.05, 0.1) is 4.90 Å². The monoisotopic (exact) mass is 536 g/mol. The molecule has 36 heavy (non-hydrogen) atoms. The molecule has 2 aromatic carbocycles. The van der Waals surface area contributed by atoms with Gasteiger partial charge in [0, 0.05) is 31.0 Å². The molecule has 0 saturated carbocycles. The first kappa shape index (κ1) is 27.5. The van der Waals surface area contributed by atoms with E-state index in [2.05, 4.69) is 5.32 Å². The maximum atomic E-state index is 13.3. The van der Waals surface area contributed by atoms with Gasteiger partial charge in [0.1, 0.15) is 5.44 Å². The second kappa shape index (κ2) is 8.51. The predicted molar refractivity (Wildman–Crippen MR) is 117 cm³/mol. The number of hydrogen-bond donors (Lipinski definition) is 2. The number of aliphatic hydroxyl groups is 1. The summed E-state index contributed by atoms with van der Waals surface area (Å²) in [6.07, 6.45) is -11.1. The number of nitrogens with zero attached hydrogens (tertiary/aromatic N) is 1. The van der Waals surface area contributed by atoms with Crippen LogP contribution < -0.4 is 5.32 Å². The molecule has 0 aliphatic carbocycles. The van der Waals surface area contributed by atoms with Crippen molar-refractivity contribution in [3.05, 3.63) is 59.2 Å². The lowest BCUT2D eigenvalue weighted by molar-refractivity contribution is -0.376. The molecule has 1 aliphatic rings. The number of benzene rings is 2. The van der Waals surface area contributed by atoms with Gasteiger partial charge in [-0.05, 0) is 35.4 Å². The topological polar surface area (TPSA) is 104 Å². The molecule has 1 unspecified atom stereocenters. The molecule has 0 spiro atoms. The van der Waals surface area contributed by atoms with Crippen LogP contribution in [0, 0.1) is 0 Å². The minimum absolute atomic E-state index is 0.0354. The van der Waals surface area contributed by atoms with Crippen LogP contribution in [0.4, 0.5) is 32.0 Å². The fourth-order valence-corrected chi connectivity index (χ4v) is 4.76. The number of nitrogens with one attached hydrogen (secondary N) is 1. The number of fused-ring (bicyclic) bond motifs is 1. The molecule has 0 radical (unpaired) electrons. The van der Waals surface area contributed by atoms with E-state index in [1.54, 1.807) is 0 Å². The van der Waals surface area contributed by atoms with E-state index < -0.39 is 50.6 Å². The summed E-state index contributed by atoms with van der Waals surface area (Å²) in [5.41, 5.74) is -7.84. The van der Waals surface area contributed by atoms with Crippen molar-refractivity contribution < 1.29 is 49.5 Å². The average molecular weight is 536 g/mol. The van der Waals surface area contributed by atoms with Gasteiger partial charge in [0.25, 0.3) is 5.60 Å². The third-order valence-electron chi connectivity index (χ3n) is 6.10. The largest absolute Gasteiger partial charge is 0.430 e. The summed E-state index contributed by atoms with van der Waals surface area (Å²) in [6.45, 7) is 1.07. The van der Waals surface area contributed by atoms with E-state index in [1.165, 1.54) is 33.0 Å². The zero-order chi connectivity index (χ0) is 27.5. The third kappa shape index (κ3) is 4.34. The van der Waals surface area contributed by atoms with Crippen molar-refractivity contribution in [3.8, 4) is 0 Å². The summed E-state index contributed by atoms with van der Waals surface area (Å²) in [5, 5.41) is 11.9. The predicted octanol–water partition coefficient (Wildman–Crippen LogP) is 2.19. The van der Waals surface area contributed by atoms with Crippen LogP contribution in [-0.2, 0) is 37.0 Å². The van der Waals surface area contributed by atoms with E-state index >= 15 is 0 Å². The standard InChI is InChI=1S/C21H19BF6N2O5S/c1-11(31)30-10-12-9-15(36(2,34)35)7-8-16(12)18(30,22)17(32)29-14-5-3-13(4-6-14)19(33,20(23,24)25)21(26,27)28/h3-9,33H,10,22H2,1-2H3,(H,29,32). The molecule has 1 heterocycles. The van der Waals surface area contributed by atoms with Crippen LogP contribution in [0.25, 0.3) is 0 Å². The highest BCUT2D eigenvalue weighted by molar-refractivity contribution is 7.90. The number of carbonyl (C=O) groups excluding carboxylic acids is 2. The molecule has 0 aromatic heterocycles. The Kier molecular flexibility index (Phi) is 6.50. The molecule has 2 amide bonds. The summed E-state index contributed by atoms with van der Waals surface area (Å²) in [7, 11) is -2.22. The summed E-state index contributed by atoms with van der Waals surface area (Å²) in [4.78, 5) is 26.7. The number of halogens is 6. The van der Waals surface area contributed by atoms with Crippen LogP contribution in [-0.4, -0.2) is 56.7 Å². The number of rotatable bonds is 4. The molecule has 0 fully saturated rings. The first-order valence-electron chi connectivity index (χ1n) is 10.1. The number of hydrogen-bond acceptors (Lipinski definition) is 5. The smallest absolute Gasteiger partial charge is 0.369 e. The molecule has 0 bridgehead atoms. The van der Waals surface area contributed by atoms with Crippen molar-refractivity contribution in [2.75, 3.05) is 11.6 Å². The van der Waals surface area contributed by atoms with Crippen molar-refractivity contribution in [2.45, 2.75) is 41.8 Å². The number of alkyl halides is 6. The fourth-order valence-electron chi connectivity index (χ4n) is 4.09. The van der Waals surface area contributed by atoms with Crippen LogP contribution in [0.1, 0.15) is 23.6 Å². The van der Waals surface area contributed by atoms with Gasteiger partial charge in [-0.3, -0.25) is 9.59 Å². The lowest BCUT2D eigenvalue weighted by atomic mass is 9.71. The SMILES string of the molecule is BC1(C(=O)Nc2ccc(C(O)(C(F)(F)F)C(F)(F)F)cc2)c2ccc(S(C)(=O)=O)cc2CN1C(C)=O. The highest BCUT2D eigenvalue weighted by Crippen LogP contribution is 2.50. The first-order chi connectivity index (χ1) is 16.2. The van der Waals surface area contributed by atoms with Gasteiger partial charge < -0.3 is 15.3 Å². The van der Waals surface area contributed by atoms with Crippen LogP contribution in [0.3, 0.4) is 0 Å². The van der Waals surface area contributed by atoms with E-state index in [0.29, 0.717) is 23.3 Å². The zero-order valence-corrected chi connectivity index (χ0v) is 19.8. The van der Waals surface area contributed by atoms with Crippen molar-refractivity contribution in [2.24, 2.45) is 0 Å². The van der Waals surface area contributed by atoms with E-state index in [1.807, 2.05) is 0 Å². The molecule has 2 aromatic rings. The van der Waals surface area contributed by atoms with Crippen LogP contribution in [0.2, 0.25) is 0 Å². The number of sulfone groups is 1. The Morgan fingerprint density at radius 3 is 2.00 bits per heavy atom. The zero-order valence-electron chi connectivity index (χ0n) is 19.0. The van der Waals surface area contributed by atoms with E-state index in [-0.39, 0.29) is 17.1 Å². The lowest BCUT2D eigenvalue weighted by Gasteiger charge is -2.34. The van der Waals surface area contributed by atoms with Gasteiger partial charge in [-0.2, -0.15) is 26.3 Å². The van der Waals surface area contributed by atoms with Gasteiger partial charge in [-0.15, -0.1) is 0 Å². The van der Waals surface area contributed by atoms with Gasteiger partial charge in [0.15, 0.2) is 17.7 Å². The highest BCUT2D eigenvalue weighted by atomic mass is 32.2.